The van der Waals surface area contributed by atoms with Crippen LogP contribution in [0.25, 0.3) is 5.69 Å². The van der Waals surface area contributed by atoms with E-state index in [-0.39, 0.29) is 18.0 Å². The van der Waals surface area contributed by atoms with E-state index < -0.39 is 17.4 Å². The highest BCUT2D eigenvalue weighted by atomic mass is 16.6. The molecule has 1 aromatic heterocycles. The standard InChI is InChI=1S/C19H24N4O5/c1-11(2)19(4,10-16(24)25)20-18(26)17-12(3)23(22-21-17)13-5-6-14-15(9-13)28-8-7-27-14/h5-6,9,11H,7-8,10H2,1-4H3,(H,20,26)(H,24,25). The molecule has 1 aromatic carbocycles. The molecule has 2 aromatic rings. The van der Waals surface area contributed by atoms with E-state index in [4.69, 9.17) is 9.47 Å². The Labute approximate surface area is 162 Å². The van der Waals surface area contributed by atoms with Gasteiger partial charge in [0.25, 0.3) is 5.91 Å². The molecular weight excluding hydrogens is 364 g/mol. The number of carboxylic acid groups (broad SMARTS) is 1. The van der Waals surface area contributed by atoms with Gasteiger partial charge in [0.05, 0.1) is 23.3 Å². The van der Waals surface area contributed by atoms with Crippen LogP contribution in [-0.4, -0.2) is 50.7 Å². The van der Waals surface area contributed by atoms with Crippen molar-refractivity contribution in [2.45, 2.75) is 39.7 Å². The molecule has 150 valence electrons. The molecule has 9 nitrogen and oxygen atoms in total. The Bertz CT molecular complexity index is 908. The van der Waals surface area contributed by atoms with Gasteiger partial charge in [-0.2, -0.15) is 0 Å². The lowest BCUT2D eigenvalue weighted by Gasteiger charge is -2.33. The Hall–Kier alpha value is -3.10. The van der Waals surface area contributed by atoms with Crippen molar-refractivity contribution in [2.24, 2.45) is 5.92 Å². The van der Waals surface area contributed by atoms with E-state index in [1.54, 1.807) is 32.0 Å². The predicted molar refractivity (Wildman–Crippen MR) is 100 cm³/mol. The van der Waals surface area contributed by atoms with E-state index in [9.17, 15) is 14.7 Å². The van der Waals surface area contributed by atoms with Gasteiger partial charge in [0, 0.05) is 6.07 Å². The number of benzene rings is 1. The molecule has 1 aliphatic rings. The van der Waals surface area contributed by atoms with Crippen molar-refractivity contribution in [3.8, 4) is 17.2 Å². The van der Waals surface area contributed by atoms with Crippen LogP contribution in [0.1, 0.15) is 43.4 Å². The number of nitrogens with zero attached hydrogens (tertiary/aromatic N) is 3. The quantitative estimate of drug-likeness (QED) is 0.777. The number of amides is 1. The summed E-state index contributed by atoms with van der Waals surface area (Å²) in [5.41, 5.74) is 0.462. The SMILES string of the molecule is Cc1c(C(=O)NC(C)(CC(=O)O)C(C)C)nnn1-c1ccc2c(c1)OCCO2. The van der Waals surface area contributed by atoms with E-state index in [0.717, 1.165) is 0 Å². The molecule has 1 atom stereocenters. The van der Waals surface area contributed by atoms with Crippen LogP contribution in [0, 0.1) is 12.8 Å². The molecule has 2 N–H and O–H groups in total. The van der Waals surface area contributed by atoms with Gasteiger partial charge in [-0.05, 0) is 31.9 Å². The largest absolute Gasteiger partial charge is 0.486 e. The summed E-state index contributed by atoms with van der Waals surface area (Å²) in [4.78, 5) is 24.0. The molecular formula is C19H24N4O5. The van der Waals surface area contributed by atoms with Crippen LogP contribution >= 0.6 is 0 Å². The molecule has 0 aliphatic carbocycles. The second kappa shape index (κ2) is 7.49. The third-order valence-corrected chi connectivity index (χ3v) is 5.07. The van der Waals surface area contributed by atoms with Crippen LogP contribution in [-0.2, 0) is 4.79 Å². The minimum atomic E-state index is -0.979. The first-order valence-electron chi connectivity index (χ1n) is 9.08. The van der Waals surface area contributed by atoms with Gasteiger partial charge in [-0.1, -0.05) is 19.1 Å². The van der Waals surface area contributed by atoms with Crippen LogP contribution in [0.5, 0.6) is 11.5 Å². The molecule has 1 amide bonds. The van der Waals surface area contributed by atoms with E-state index in [1.807, 2.05) is 13.8 Å². The van der Waals surface area contributed by atoms with Crippen molar-refractivity contribution in [2.75, 3.05) is 13.2 Å². The lowest BCUT2D eigenvalue weighted by atomic mass is 9.85. The second-order valence-electron chi connectivity index (χ2n) is 7.36. The summed E-state index contributed by atoms with van der Waals surface area (Å²) < 4.78 is 12.6. The number of hydrogen-bond donors (Lipinski definition) is 2. The van der Waals surface area contributed by atoms with Crippen LogP contribution in [0.2, 0.25) is 0 Å². The van der Waals surface area contributed by atoms with E-state index in [1.165, 1.54) is 4.68 Å². The van der Waals surface area contributed by atoms with Crippen molar-refractivity contribution >= 4 is 11.9 Å². The van der Waals surface area contributed by atoms with Gasteiger partial charge in [-0.3, -0.25) is 9.59 Å². The molecule has 3 rings (SSSR count). The fourth-order valence-corrected chi connectivity index (χ4v) is 2.97. The fraction of sp³-hybridized carbons (Fsp3) is 0.474. The Morgan fingerprint density at radius 1 is 1.29 bits per heavy atom. The molecule has 1 aliphatic heterocycles. The molecule has 0 bridgehead atoms. The topological polar surface area (TPSA) is 116 Å². The molecule has 0 saturated carbocycles. The van der Waals surface area contributed by atoms with Gasteiger partial charge < -0.3 is 19.9 Å². The lowest BCUT2D eigenvalue weighted by molar-refractivity contribution is -0.138. The summed E-state index contributed by atoms with van der Waals surface area (Å²) in [5.74, 6) is -0.252. The molecule has 0 fully saturated rings. The second-order valence-corrected chi connectivity index (χ2v) is 7.36. The first kappa shape index (κ1) is 19.7. The number of carboxylic acids is 1. The predicted octanol–water partition coefficient (Wildman–Crippen LogP) is 1.97. The van der Waals surface area contributed by atoms with Crippen molar-refractivity contribution in [1.82, 2.24) is 20.3 Å². The number of carbonyl (C=O) groups is 2. The summed E-state index contributed by atoms with van der Waals surface area (Å²) in [6, 6.07) is 5.37. The minimum Gasteiger partial charge on any atom is -0.486 e. The van der Waals surface area contributed by atoms with Crippen molar-refractivity contribution < 1.29 is 24.2 Å². The van der Waals surface area contributed by atoms with Gasteiger partial charge in [0.1, 0.15) is 13.2 Å². The van der Waals surface area contributed by atoms with Crippen LogP contribution in [0.3, 0.4) is 0 Å². The Kier molecular flexibility index (Phi) is 5.26. The number of fused-ring (bicyclic) bond motifs is 1. The molecule has 28 heavy (non-hydrogen) atoms. The number of nitrogens with one attached hydrogen (secondary N) is 1. The highest BCUT2D eigenvalue weighted by Crippen LogP contribution is 2.32. The third kappa shape index (κ3) is 3.78. The van der Waals surface area contributed by atoms with Crippen LogP contribution in [0.15, 0.2) is 18.2 Å². The summed E-state index contributed by atoms with van der Waals surface area (Å²) in [5, 5.41) is 20.1. The number of carbonyl (C=O) groups excluding carboxylic acids is 1. The normalized spacial score (nSPS) is 15.2. The fourth-order valence-electron chi connectivity index (χ4n) is 2.97. The molecule has 0 radical (unpaired) electrons. The lowest BCUT2D eigenvalue weighted by Crippen LogP contribution is -2.51. The van der Waals surface area contributed by atoms with E-state index in [0.29, 0.717) is 36.1 Å². The minimum absolute atomic E-state index is 0.0827. The molecule has 0 saturated heterocycles. The maximum Gasteiger partial charge on any atom is 0.305 e. The summed E-state index contributed by atoms with van der Waals surface area (Å²) in [6.07, 6.45) is -0.189. The average molecular weight is 388 g/mol. The number of aliphatic carboxylic acids is 1. The number of rotatable bonds is 6. The zero-order valence-corrected chi connectivity index (χ0v) is 16.4. The Morgan fingerprint density at radius 3 is 2.61 bits per heavy atom. The highest BCUT2D eigenvalue weighted by Gasteiger charge is 2.34. The monoisotopic (exact) mass is 388 g/mol. The molecule has 0 spiro atoms. The summed E-state index contributed by atoms with van der Waals surface area (Å²) in [6.45, 7) is 8.14. The number of aromatic nitrogens is 3. The van der Waals surface area contributed by atoms with Crippen molar-refractivity contribution in [3.05, 3.63) is 29.6 Å². The Balaban J connectivity index is 1.86. The number of ether oxygens (including phenoxy) is 2. The van der Waals surface area contributed by atoms with Gasteiger partial charge in [0.2, 0.25) is 0 Å². The molecule has 1 unspecified atom stereocenters. The number of hydrogen-bond acceptors (Lipinski definition) is 6. The van der Waals surface area contributed by atoms with E-state index in [2.05, 4.69) is 15.6 Å². The molecule has 2 heterocycles. The first-order valence-corrected chi connectivity index (χ1v) is 9.08. The smallest absolute Gasteiger partial charge is 0.305 e. The molecule has 9 heteroatoms. The highest BCUT2D eigenvalue weighted by molar-refractivity contribution is 5.94. The third-order valence-electron chi connectivity index (χ3n) is 5.07. The van der Waals surface area contributed by atoms with Crippen LogP contribution < -0.4 is 14.8 Å². The maximum absolute atomic E-state index is 12.8. The zero-order chi connectivity index (χ0) is 20.5. The van der Waals surface area contributed by atoms with Crippen LogP contribution in [0.4, 0.5) is 0 Å². The van der Waals surface area contributed by atoms with E-state index >= 15 is 0 Å². The summed E-state index contributed by atoms with van der Waals surface area (Å²) >= 11 is 0. The first-order chi connectivity index (χ1) is 13.2. The van der Waals surface area contributed by atoms with Crippen molar-refractivity contribution in [1.29, 1.82) is 0 Å². The van der Waals surface area contributed by atoms with Crippen molar-refractivity contribution in [3.63, 3.8) is 0 Å². The zero-order valence-electron chi connectivity index (χ0n) is 16.4. The van der Waals surface area contributed by atoms with Gasteiger partial charge in [-0.15, -0.1) is 5.10 Å². The van der Waals surface area contributed by atoms with Gasteiger partial charge in [0.15, 0.2) is 17.2 Å². The van der Waals surface area contributed by atoms with Gasteiger partial charge >= 0.3 is 5.97 Å². The maximum atomic E-state index is 12.8. The Morgan fingerprint density at radius 2 is 1.96 bits per heavy atom. The average Bonchev–Trinajstić information content (AvgIpc) is 3.02. The summed E-state index contributed by atoms with van der Waals surface area (Å²) in [7, 11) is 0. The van der Waals surface area contributed by atoms with Gasteiger partial charge in [-0.25, -0.2) is 4.68 Å².